The average Bonchev–Trinajstić information content (AvgIpc) is 3.36. The number of halogens is 2. The van der Waals surface area contributed by atoms with Crippen LogP contribution in [0.15, 0.2) is 42.5 Å². The van der Waals surface area contributed by atoms with Gasteiger partial charge in [-0.3, -0.25) is 4.79 Å². The Hall–Kier alpha value is -2.43. The van der Waals surface area contributed by atoms with Gasteiger partial charge in [-0.25, -0.2) is 8.78 Å². The normalized spacial score (nSPS) is 18.9. The van der Waals surface area contributed by atoms with Gasteiger partial charge in [0.25, 0.3) is 0 Å². The van der Waals surface area contributed by atoms with Gasteiger partial charge in [0.2, 0.25) is 5.91 Å². The van der Waals surface area contributed by atoms with E-state index in [-0.39, 0.29) is 23.8 Å². The van der Waals surface area contributed by atoms with E-state index >= 15 is 0 Å². The van der Waals surface area contributed by atoms with Crippen molar-refractivity contribution in [2.24, 2.45) is 5.92 Å². The molecule has 5 heteroatoms. The van der Waals surface area contributed by atoms with Crippen molar-refractivity contribution in [3.05, 3.63) is 65.2 Å². The number of nitrogens with one attached hydrogen (secondary N) is 1. The van der Waals surface area contributed by atoms with Gasteiger partial charge in [0.1, 0.15) is 5.75 Å². The minimum atomic E-state index is -0.870. The summed E-state index contributed by atoms with van der Waals surface area (Å²) in [6.45, 7) is 4.33. The van der Waals surface area contributed by atoms with Crippen LogP contribution >= 0.6 is 0 Å². The molecule has 0 radical (unpaired) electrons. The van der Waals surface area contributed by atoms with Gasteiger partial charge >= 0.3 is 0 Å². The molecule has 3 rings (SSSR count). The number of hydrogen-bond donors (Lipinski definition) is 1. The molecule has 0 saturated heterocycles. The van der Waals surface area contributed by atoms with Crippen LogP contribution in [-0.2, 0) is 11.3 Å². The van der Waals surface area contributed by atoms with E-state index in [2.05, 4.69) is 5.32 Å². The van der Waals surface area contributed by atoms with Gasteiger partial charge in [0.15, 0.2) is 11.6 Å². The standard InChI is InChI=1S/C20H21F2NO2/c1-12(2)25-15-5-3-4-13(8-15)11-23-20(24)17-10-16(17)14-6-7-18(21)19(22)9-14/h3-9,12,16-17H,10-11H2,1-2H3,(H,23,24). The van der Waals surface area contributed by atoms with Crippen LogP contribution in [0, 0.1) is 17.6 Å². The van der Waals surface area contributed by atoms with Gasteiger partial charge in [-0.1, -0.05) is 18.2 Å². The third-order valence-electron chi connectivity index (χ3n) is 4.24. The van der Waals surface area contributed by atoms with Crippen molar-refractivity contribution in [3.8, 4) is 5.75 Å². The lowest BCUT2D eigenvalue weighted by Crippen LogP contribution is -2.24. The van der Waals surface area contributed by atoms with Crippen LogP contribution < -0.4 is 10.1 Å². The van der Waals surface area contributed by atoms with Crippen molar-refractivity contribution in [1.29, 1.82) is 0 Å². The van der Waals surface area contributed by atoms with Crippen molar-refractivity contribution >= 4 is 5.91 Å². The maximum Gasteiger partial charge on any atom is 0.224 e. The second kappa shape index (κ2) is 7.21. The number of rotatable bonds is 6. The molecule has 1 amide bonds. The third-order valence-corrected chi connectivity index (χ3v) is 4.24. The monoisotopic (exact) mass is 345 g/mol. The largest absolute Gasteiger partial charge is 0.491 e. The lowest BCUT2D eigenvalue weighted by Gasteiger charge is -2.11. The summed E-state index contributed by atoms with van der Waals surface area (Å²) in [5.74, 6) is -1.25. The van der Waals surface area contributed by atoms with E-state index < -0.39 is 11.6 Å². The Morgan fingerprint density at radius 2 is 2.00 bits per heavy atom. The molecule has 1 fully saturated rings. The first-order valence-corrected chi connectivity index (χ1v) is 8.42. The van der Waals surface area contributed by atoms with Gasteiger partial charge < -0.3 is 10.1 Å². The zero-order valence-electron chi connectivity index (χ0n) is 14.3. The van der Waals surface area contributed by atoms with Crippen LogP contribution in [0.4, 0.5) is 8.78 Å². The Morgan fingerprint density at radius 3 is 2.72 bits per heavy atom. The Balaban J connectivity index is 1.54. The molecule has 0 bridgehead atoms. The van der Waals surface area contributed by atoms with Crippen molar-refractivity contribution in [2.45, 2.75) is 38.8 Å². The molecule has 132 valence electrons. The number of benzene rings is 2. The molecular formula is C20H21F2NO2. The van der Waals surface area contributed by atoms with Crippen LogP contribution in [0.5, 0.6) is 5.75 Å². The molecule has 0 aliphatic heterocycles. The van der Waals surface area contributed by atoms with E-state index in [1.165, 1.54) is 6.07 Å². The van der Waals surface area contributed by atoms with Crippen molar-refractivity contribution in [3.63, 3.8) is 0 Å². The number of hydrogen-bond acceptors (Lipinski definition) is 2. The summed E-state index contributed by atoms with van der Waals surface area (Å²) in [5, 5.41) is 2.90. The molecule has 2 aromatic rings. The smallest absolute Gasteiger partial charge is 0.224 e. The highest BCUT2D eigenvalue weighted by Crippen LogP contribution is 2.47. The molecule has 1 aliphatic rings. The van der Waals surface area contributed by atoms with Crippen LogP contribution in [0.2, 0.25) is 0 Å². The highest BCUT2D eigenvalue weighted by atomic mass is 19.2. The van der Waals surface area contributed by atoms with Gasteiger partial charge in [-0.2, -0.15) is 0 Å². The Morgan fingerprint density at radius 1 is 1.20 bits per heavy atom. The first-order valence-electron chi connectivity index (χ1n) is 8.42. The SMILES string of the molecule is CC(C)Oc1cccc(CNC(=O)C2CC2c2ccc(F)c(F)c2)c1. The topological polar surface area (TPSA) is 38.3 Å². The fourth-order valence-electron chi connectivity index (χ4n) is 2.92. The summed E-state index contributed by atoms with van der Waals surface area (Å²) >= 11 is 0. The second-order valence-corrected chi connectivity index (χ2v) is 6.65. The summed E-state index contributed by atoms with van der Waals surface area (Å²) < 4.78 is 31.9. The second-order valence-electron chi connectivity index (χ2n) is 6.65. The summed E-state index contributed by atoms with van der Waals surface area (Å²) in [5.41, 5.74) is 1.63. The Bertz CT molecular complexity index is 776. The van der Waals surface area contributed by atoms with E-state index in [9.17, 15) is 13.6 Å². The minimum Gasteiger partial charge on any atom is -0.491 e. The molecule has 1 N–H and O–H groups in total. The summed E-state index contributed by atoms with van der Waals surface area (Å²) in [7, 11) is 0. The van der Waals surface area contributed by atoms with E-state index in [0.717, 1.165) is 17.4 Å². The van der Waals surface area contributed by atoms with Crippen LogP contribution in [0.3, 0.4) is 0 Å². The maximum atomic E-state index is 13.3. The first kappa shape index (κ1) is 17.4. The molecule has 1 saturated carbocycles. The summed E-state index contributed by atoms with van der Waals surface area (Å²) in [6, 6.07) is 11.4. The lowest BCUT2D eigenvalue weighted by molar-refractivity contribution is -0.122. The maximum absolute atomic E-state index is 13.3. The number of amides is 1. The van der Waals surface area contributed by atoms with Gasteiger partial charge in [-0.05, 0) is 61.6 Å². The van der Waals surface area contributed by atoms with E-state index in [1.54, 1.807) is 6.07 Å². The number of ether oxygens (including phenoxy) is 1. The Labute approximate surface area is 146 Å². The molecule has 0 aromatic heterocycles. The van der Waals surface area contributed by atoms with E-state index in [1.807, 2.05) is 38.1 Å². The average molecular weight is 345 g/mol. The van der Waals surface area contributed by atoms with E-state index in [0.29, 0.717) is 18.5 Å². The minimum absolute atomic E-state index is 0.0364. The molecule has 0 heterocycles. The van der Waals surface area contributed by atoms with Crippen molar-refractivity contribution in [1.82, 2.24) is 5.32 Å². The van der Waals surface area contributed by atoms with Crippen LogP contribution in [-0.4, -0.2) is 12.0 Å². The summed E-state index contributed by atoms with van der Waals surface area (Å²) in [4.78, 5) is 12.3. The third kappa shape index (κ3) is 4.35. The highest BCUT2D eigenvalue weighted by molar-refractivity contribution is 5.82. The molecule has 2 atom stereocenters. The lowest BCUT2D eigenvalue weighted by atomic mass is 10.1. The van der Waals surface area contributed by atoms with Gasteiger partial charge in [-0.15, -0.1) is 0 Å². The number of carbonyl (C=O) groups excluding carboxylic acids is 1. The van der Waals surface area contributed by atoms with Crippen LogP contribution in [0.1, 0.15) is 37.3 Å². The van der Waals surface area contributed by atoms with Gasteiger partial charge in [0.05, 0.1) is 6.10 Å². The molecule has 2 unspecified atom stereocenters. The van der Waals surface area contributed by atoms with Crippen molar-refractivity contribution < 1.29 is 18.3 Å². The quantitative estimate of drug-likeness (QED) is 0.853. The molecule has 1 aliphatic carbocycles. The van der Waals surface area contributed by atoms with Crippen molar-refractivity contribution in [2.75, 3.05) is 0 Å². The predicted molar refractivity (Wildman–Crippen MR) is 91.3 cm³/mol. The zero-order chi connectivity index (χ0) is 18.0. The molecule has 25 heavy (non-hydrogen) atoms. The molecule has 3 nitrogen and oxygen atoms in total. The fraction of sp³-hybridized carbons (Fsp3) is 0.350. The zero-order valence-corrected chi connectivity index (χ0v) is 14.3. The molecule has 2 aromatic carbocycles. The van der Waals surface area contributed by atoms with Crippen LogP contribution in [0.25, 0.3) is 0 Å². The molecule has 0 spiro atoms. The highest BCUT2D eigenvalue weighted by Gasteiger charge is 2.44. The number of carbonyl (C=O) groups is 1. The predicted octanol–water partition coefficient (Wildman–Crippen LogP) is 4.17. The van der Waals surface area contributed by atoms with E-state index in [4.69, 9.17) is 4.74 Å². The fourth-order valence-corrected chi connectivity index (χ4v) is 2.92. The first-order chi connectivity index (χ1) is 11.9. The summed E-state index contributed by atoms with van der Waals surface area (Å²) in [6.07, 6.45) is 0.751. The Kier molecular flexibility index (Phi) is 5.02. The van der Waals surface area contributed by atoms with Gasteiger partial charge in [0, 0.05) is 12.5 Å². The molecular weight excluding hydrogens is 324 g/mol.